The summed E-state index contributed by atoms with van der Waals surface area (Å²) in [5.74, 6) is -9.76. The van der Waals surface area contributed by atoms with Crippen molar-refractivity contribution in [1.82, 2.24) is 58.5 Å². The van der Waals surface area contributed by atoms with Crippen LogP contribution >= 0.6 is 0 Å². The van der Waals surface area contributed by atoms with Crippen LogP contribution in [0.25, 0.3) is 0 Å². The lowest BCUT2D eigenvalue weighted by molar-refractivity contribution is -0.137. The molecule has 0 aromatic heterocycles. The predicted octanol–water partition coefficient (Wildman–Crippen LogP) is -5.24. The average Bonchev–Trinajstić information content (AvgIpc) is 3.59. The molecule has 0 radical (unpaired) electrons. The van der Waals surface area contributed by atoms with Crippen LogP contribution in [0.3, 0.4) is 0 Å². The van der Waals surface area contributed by atoms with Gasteiger partial charge in [-0.1, -0.05) is 83.7 Å². The van der Waals surface area contributed by atoms with Crippen LogP contribution in [0, 0.1) is 11.8 Å². The molecule has 85 heavy (non-hydrogen) atoms. The minimum atomic E-state index is -1.76. The molecule has 1 aliphatic rings. The van der Waals surface area contributed by atoms with Crippen molar-refractivity contribution >= 4 is 65.0 Å². The minimum absolute atomic E-state index is 0.0324. The molecule has 11 amide bonds. The summed E-state index contributed by atoms with van der Waals surface area (Å²) in [4.78, 5) is 154. The largest absolute Gasteiger partial charge is 0.391 e. The highest BCUT2D eigenvalue weighted by molar-refractivity contribution is 5.99. The molecule has 29 nitrogen and oxygen atoms in total. The topological polar surface area (TPSA) is 491 Å². The van der Waals surface area contributed by atoms with Gasteiger partial charge < -0.3 is 97.4 Å². The van der Waals surface area contributed by atoms with E-state index in [9.17, 15) is 63.0 Å². The van der Waals surface area contributed by atoms with Crippen LogP contribution < -0.4 is 87.2 Å². The number of carbonyl (C=O) groups excluding carboxylic acids is 11. The number of nitrogens with one attached hydrogen (secondary N) is 11. The summed E-state index contributed by atoms with van der Waals surface area (Å²) in [6.07, 6.45) is -0.658. The second-order valence-electron chi connectivity index (χ2n) is 21.7. The van der Waals surface area contributed by atoms with E-state index in [0.717, 1.165) is 19.3 Å². The summed E-state index contributed by atoms with van der Waals surface area (Å²) < 4.78 is 0. The summed E-state index contributed by atoms with van der Waals surface area (Å²) in [7, 11) is 0. The lowest BCUT2D eigenvalue weighted by Crippen LogP contribution is -2.62. The maximum absolute atomic E-state index is 14.6. The molecule has 14 atom stereocenters. The number of carbonyl (C=O) groups is 11. The first-order valence-corrected chi connectivity index (χ1v) is 29.6. The summed E-state index contributed by atoms with van der Waals surface area (Å²) in [6.45, 7) is 8.94. The Morgan fingerprint density at radius 1 is 0.541 bits per heavy atom. The number of aliphatic hydroxyl groups is 2. The standard InChI is InChI=1S/C56H98N16O13/c1-7-31(3)14-12-13-17-43(75)63-36(18-24-57)51(80)70-44(32(4)8-2)55(84)67-38(20-26-59)48(77)66-41-23-29-62-54(83)45(33(5)73)71-52(81)40(22-28-61)65-47(76)39(21-27-60)68-56(85)46(34(6)74)72-53(82)42(30-35-15-10-9-11-16-35)69-49(78)37(19-25-58)64-50(41)79/h9-11,15-16,31-34,36-42,44-46,73-74H,7-8,12-14,17-30,57-61H2,1-6H3,(H,62,83)(H,63,75)(H,64,79)(H,65,76)(H,66,77)(H,67,84)(H,68,85)(H,69,78)(H,70,80)(H,71,81)(H,72,82)/t31?,32-,33+,34+,36-,37-,38-,39-,40-,41-,42+,44-,45-,46-/m0/s1. The van der Waals surface area contributed by atoms with Crippen LogP contribution in [-0.4, -0.2) is 187 Å². The highest BCUT2D eigenvalue weighted by Crippen LogP contribution is 2.14. The third kappa shape index (κ3) is 26.1. The van der Waals surface area contributed by atoms with Crippen molar-refractivity contribution in [1.29, 1.82) is 0 Å². The van der Waals surface area contributed by atoms with Crippen LogP contribution in [0.2, 0.25) is 0 Å². The van der Waals surface area contributed by atoms with E-state index in [0.29, 0.717) is 24.3 Å². The quantitative estimate of drug-likeness (QED) is 0.0333. The number of benzene rings is 1. The van der Waals surface area contributed by atoms with Crippen molar-refractivity contribution in [2.24, 2.45) is 40.5 Å². The zero-order valence-electron chi connectivity index (χ0n) is 50.2. The van der Waals surface area contributed by atoms with Gasteiger partial charge in [-0.2, -0.15) is 0 Å². The number of hydrogen-bond donors (Lipinski definition) is 18. The highest BCUT2D eigenvalue weighted by atomic mass is 16.3. The fourth-order valence-electron chi connectivity index (χ4n) is 9.09. The molecule has 0 aliphatic carbocycles. The molecule has 1 aliphatic heterocycles. The Labute approximate surface area is 498 Å². The van der Waals surface area contributed by atoms with Crippen LogP contribution in [0.15, 0.2) is 30.3 Å². The van der Waals surface area contributed by atoms with Gasteiger partial charge in [-0.3, -0.25) is 52.7 Å². The number of nitrogens with two attached hydrogens (primary N) is 5. The molecule has 0 saturated carbocycles. The van der Waals surface area contributed by atoms with Gasteiger partial charge in [0, 0.05) is 19.4 Å². The van der Waals surface area contributed by atoms with E-state index >= 15 is 0 Å². The molecule has 1 heterocycles. The van der Waals surface area contributed by atoms with Gasteiger partial charge in [0.05, 0.1) is 12.2 Å². The Morgan fingerprint density at radius 2 is 1.02 bits per heavy atom. The van der Waals surface area contributed by atoms with Gasteiger partial charge in [0.15, 0.2) is 0 Å². The molecule has 1 aromatic carbocycles. The summed E-state index contributed by atoms with van der Waals surface area (Å²) in [5, 5.41) is 49.8. The molecule has 1 aromatic rings. The van der Waals surface area contributed by atoms with E-state index in [4.69, 9.17) is 28.7 Å². The lowest BCUT2D eigenvalue weighted by Gasteiger charge is -2.29. The van der Waals surface area contributed by atoms with Crippen molar-refractivity contribution in [2.45, 2.75) is 198 Å². The van der Waals surface area contributed by atoms with Gasteiger partial charge in [-0.05, 0) is 109 Å². The fraction of sp³-hybridized carbons (Fsp3) is 0.696. The number of aliphatic hydroxyl groups excluding tert-OH is 2. The molecule has 1 fully saturated rings. The van der Waals surface area contributed by atoms with Gasteiger partial charge in [-0.25, -0.2) is 0 Å². The number of unbranched alkanes of at least 4 members (excludes halogenated alkanes) is 1. The van der Waals surface area contributed by atoms with Gasteiger partial charge >= 0.3 is 0 Å². The fourth-order valence-corrected chi connectivity index (χ4v) is 9.09. The zero-order chi connectivity index (χ0) is 63.8. The maximum Gasteiger partial charge on any atom is 0.245 e. The third-order valence-corrected chi connectivity index (χ3v) is 14.7. The van der Waals surface area contributed by atoms with Crippen LogP contribution in [-0.2, 0) is 59.2 Å². The third-order valence-electron chi connectivity index (χ3n) is 14.7. The molecule has 0 bridgehead atoms. The van der Waals surface area contributed by atoms with E-state index in [2.05, 4.69) is 72.3 Å². The number of rotatable bonds is 29. The first-order chi connectivity index (χ1) is 40.4. The molecular formula is C56H98N16O13. The van der Waals surface area contributed by atoms with Gasteiger partial charge in [-0.15, -0.1) is 0 Å². The number of hydrogen-bond acceptors (Lipinski definition) is 18. The lowest BCUT2D eigenvalue weighted by atomic mass is 9.97. The Bertz CT molecular complexity index is 2320. The number of amides is 11. The molecule has 1 saturated heterocycles. The summed E-state index contributed by atoms with van der Waals surface area (Å²) >= 11 is 0. The molecule has 29 heteroatoms. The highest BCUT2D eigenvalue weighted by Gasteiger charge is 2.38. The Hall–Kier alpha value is -6.89. The van der Waals surface area contributed by atoms with E-state index in [1.54, 1.807) is 44.2 Å². The van der Waals surface area contributed by atoms with E-state index in [-0.39, 0.29) is 83.6 Å². The van der Waals surface area contributed by atoms with Crippen molar-refractivity contribution < 1.29 is 63.0 Å². The molecule has 1 unspecified atom stereocenters. The van der Waals surface area contributed by atoms with Crippen molar-refractivity contribution in [3.05, 3.63) is 35.9 Å². The van der Waals surface area contributed by atoms with Crippen LogP contribution in [0.1, 0.15) is 124 Å². The van der Waals surface area contributed by atoms with Crippen LogP contribution in [0.4, 0.5) is 0 Å². The second kappa shape index (κ2) is 39.7. The molecule has 2 rings (SSSR count). The summed E-state index contributed by atoms with van der Waals surface area (Å²) in [5.41, 5.74) is 29.9. The van der Waals surface area contributed by atoms with Crippen LogP contribution in [0.5, 0.6) is 0 Å². The Kier molecular flexibility index (Phi) is 34.6. The van der Waals surface area contributed by atoms with Gasteiger partial charge in [0.1, 0.15) is 60.4 Å². The normalized spacial score (nSPS) is 23.2. The maximum atomic E-state index is 14.6. The molecule has 23 N–H and O–H groups in total. The average molecular weight is 1200 g/mol. The molecule has 0 spiro atoms. The minimum Gasteiger partial charge on any atom is -0.391 e. The van der Waals surface area contributed by atoms with Gasteiger partial charge in [0.2, 0.25) is 65.0 Å². The van der Waals surface area contributed by atoms with E-state index < -0.39 is 151 Å². The SMILES string of the molecule is CCC(C)CCCCC(=O)N[C@@H](CCN)C(=O)N[C@H](C(=O)N[C@@H](CCN)C(=O)N[C@H]1CCNC(=O)[C@H]([C@@H](C)O)NC(=O)[C@H](CCN)NC(=O)[C@H](CCN)NC(=O)[C@H]([C@@H](C)O)NC(=O)[C@@H](Cc2ccccc2)NC(=O)[C@H](CCN)NC1=O)[C@@H](C)CC. The Morgan fingerprint density at radius 3 is 1.53 bits per heavy atom. The molecule has 480 valence electrons. The smallest absolute Gasteiger partial charge is 0.245 e. The van der Waals surface area contributed by atoms with Gasteiger partial charge in [0.25, 0.3) is 0 Å². The summed E-state index contributed by atoms with van der Waals surface area (Å²) in [6, 6.07) is -6.47. The Balaban J connectivity index is 2.68. The van der Waals surface area contributed by atoms with Crippen molar-refractivity contribution in [3.8, 4) is 0 Å². The first kappa shape index (κ1) is 74.2. The monoisotopic (exact) mass is 1200 g/mol. The predicted molar refractivity (Wildman–Crippen MR) is 316 cm³/mol. The van der Waals surface area contributed by atoms with E-state index in [1.165, 1.54) is 13.8 Å². The van der Waals surface area contributed by atoms with Crippen molar-refractivity contribution in [3.63, 3.8) is 0 Å². The zero-order valence-corrected chi connectivity index (χ0v) is 50.2. The molecular weight excluding hydrogens is 1100 g/mol. The van der Waals surface area contributed by atoms with Crippen molar-refractivity contribution in [2.75, 3.05) is 39.3 Å². The second-order valence-corrected chi connectivity index (χ2v) is 21.7. The van der Waals surface area contributed by atoms with E-state index in [1.807, 2.05) is 0 Å². The first-order valence-electron chi connectivity index (χ1n) is 29.6.